The molecule has 0 aliphatic heterocycles. The molecular formula is C8H7N3O5. The number of nitro groups is 2. The van der Waals surface area contributed by atoms with Gasteiger partial charge in [-0.15, -0.1) is 0 Å². The molecule has 0 fully saturated rings. The van der Waals surface area contributed by atoms with E-state index in [1.165, 1.54) is 0 Å². The molecule has 84 valence electrons. The predicted octanol–water partition coefficient (Wildman–Crippen LogP) is 1.29. The first-order chi connectivity index (χ1) is 7.36. The smallest absolute Gasteiger partial charge is 0.309 e. The Morgan fingerprint density at radius 3 is 2.19 bits per heavy atom. The zero-order chi connectivity index (χ0) is 12.5. The fourth-order valence-corrected chi connectivity index (χ4v) is 1.29. The highest BCUT2D eigenvalue weighted by Crippen LogP contribution is 2.33. The van der Waals surface area contributed by atoms with Crippen LogP contribution in [-0.4, -0.2) is 15.6 Å². The van der Waals surface area contributed by atoms with E-state index in [2.05, 4.69) is 0 Å². The average molecular weight is 225 g/mol. The number of ketones is 1. The van der Waals surface area contributed by atoms with Crippen LogP contribution in [0.1, 0.15) is 17.3 Å². The summed E-state index contributed by atoms with van der Waals surface area (Å²) in [6, 6.07) is 2.00. The number of carbonyl (C=O) groups excluding carboxylic acids is 1. The Bertz CT molecular complexity index is 497. The molecule has 0 atom stereocenters. The molecule has 16 heavy (non-hydrogen) atoms. The van der Waals surface area contributed by atoms with Crippen molar-refractivity contribution in [1.29, 1.82) is 0 Å². The van der Waals surface area contributed by atoms with Crippen LogP contribution in [0.3, 0.4) is 0 Å². The Hall–Kier alpha value is -2.51. The molecule has 0 aliphatic carbocycles. The van der Waals surface area contributed by atoms with Crippen molar-refractivity contribution in [3.8, 4) is 0 Å². The van der Waals surface area contributed by atoms with Gasteiger partial charge >= 0.3 is 5.69 Å². The summed E-state index contributed by atoms with van der Waals surface area (Å²) in [5, 5.41) is 21.3. The number of benzene rings is 1. The van der Waals surface area contributed by atoms with E-state index < -0.39 is 32.6 Å². The van der Waals surface area contributed by atoms with Gasteiger partial charge in [0.25, 0.3) is 5.69 Å². The molecule has 0 saturated carbocycles. The maximum atomic E-state index is 11.2. The van der Waals surface area contributed by atoms with E-state index in [4.69, 9.17) is 5.73 Å². The number of anilines is 1. The standard InChI is InChI=1S/C8H7N3O5/c1-4(12)7-6(10(13)14)3-2-5(9)8(7)11(15)16/h2-3H,9H2,1H3. The van der Waals surface area contributed by atoms with Crippen molar-refractivity contribution in [2.24, 2.45) is 0 Å². The normalized spacial score (nSPS) is 9.81. The van der Waals surface area contributed by atoms with Crippen LogP contribution >= 0.6 is 0 Å². The minimum Gasteiger partial charge on any atom is -0.393 e. The van der Waals surface area contributed by atoms with Crippen LogP contribution in [0, 0.1) is 20.2 Å². The highest BCUT2D eigenvalue weighted by atomic mass is 16.6. The third kappa shape index (κ3) is 1.80. The van der Waals surface area contributed by atoms with E-state index in [-0.39, 0.29) is 5.69 Å². The van der Waals surface area contributed by atoms with Crippen molar-refractivity contribution in [1.82, 2.24) is 0 Å². The molecule has 0 bridgehead atoms. The summed E-state index contributed by atoms with van der Waals surface area (Å²) in [5.41, 5.74) is 3.12. The Morgan fingerprint density at radius 2 is 1.81 bits per heavy atom. The first-order valence-electron chi connectivity index (χ1n) is 4.08. The third-order valence-corrected chi connectivity index (χ3v) is 1.92. The molecule has 0 aromatic heterocycles. The number of nitrogens with zero attached hydrogens (tertiary/aromatic N) is 2. The van der Waals surface area contributed by atoms with Crippen LogP contribution in [0.5, 0.6) is 0 Å². The van der Waals surface area contributed by atoms with Crippen molar-refractivity contribution >= 4 is 22.8 Å². The van der Waals surface area contributed by atoms with Crippen LogP contribution in [0.2, 0.25) is 0 Å². The quantitative estimate of drug-likeness (QED) is 0.357. The lowest BCUT2D eigenvalue weighted by Crippen LogP contribution is -2.07. The summed E-state index contributed by atoms with van der Waals surface area (Å²) in [6.07, 6.45) is 0. The molecule has 8 nitrogen and oxygen atoms in total. The summed E-state index contributed by atoms with van der Waals surface area (Å²) in [4.78, 5) is 30.7. The van der Waals surface area contributed by atoms with Gasteiger partial charge in [0.2, 0.25) is 0 Å². The van der Waals surface area contributed by atoms with Gasteiger partial charge in [-0.2, -0.15) is 0 Å². The van der Waals surface area contributed by atoms with E-state index in [0.29, 0.717) is 0 Å². The van der Waals surface area contributed by atoms with E-state index in [0.717, 1.165) is 19.1 Å². The van der Waals surface area contributed by atoms with Crippen molar-refractivity contribution in [2.75, 3.05) is 5.73 Å². The number of rotatable bonds is 3. The predicted molar refractivity (Wildman–Crippen MR) is 54.2 cm³/mol. The molecule has 0 unspecified atom stereocenters. The van der Waals surface area contributed by atoms with Crippen molar-refractivity contribution in [2.45, 2.75) is 6.92 Å². The highest BCUT2D eigenvalue weighted by molar-refractivity contribution is 6.04. The maximum Gasteiger partial charge on any atom is 0.309 e. The molecule has 8 heteroatoms. The zero-order valence-corrected chi connectivity index (χ0v) is 8.17. The second-order valence-corrected chi connectivity index (χ2v) is 2.97. The molecule has 0 amide bonds. The van der Waals surface area contributed by atoms with Crippen molar-refractivity contribution < 1.29 is 14.6 Å². The molecule has 0 saturated heterocycles. The van der Waals surface area contributed by atoms with Gasteiger partial charge in [-0.05, 0) is 13.0 Å². The number of hydrogen-bond acceptors (Lipinski definition) is 6. The summed E-state index contributed by atoms with van der Waals surface area (Å²) in [6.45, 7) is 1.01. The summed E-state index contributed by atoms with van der Waals surface area (Å²) < 4.78 is 0. The maximum absolute atomic E-state index is 11.2. The fourth-order valence-electron chi connectivity index (χ4n) is 1.29. The van der Waals surface area contributed by atoms with Crippen molar-refractivity contribution in [3.63, 3.8) is 0 Å². The molecule has 1 aromatic carbocycles. The van der Waals surface area contributed by atoms with Gasteiger partial charge in [0, 0.05) is 6.07 Å². The highest BCUT2D eigenvalue weighted by Gasteiger charge is 2.30. The number of nitrogen functional groups attached to an aromatic ring is 1. The van der Waals surface area contributed by atoms with E-state index >= 15 is 0 Å². The molecule has 0 heterocycles. The van der Waals surface area contributed by atoms with Crippen LogP contribution in [0.4, 0.5) is 17.1 Å². The lowest BCUT2D eigenvalue weighted by Gasteiger charge is -2.02. The Morgan fingerprint density at radius 1 is 1.25 bits per heavy atom. The number of Topliss-reactive ketones (excluding diaryl/α,β-unsaturated/α-hetero) is 1. The molecule has 0 radical (unpaired) electrons. The first kappa shape index (κ1) is 11.6. The third-order valence-electron chi connectivity index (χ3n) is 1.92. The fraction of sp³-hybridized carbons (Fsp3) is 0.125. The van der Waals surface area contributed by atoms with Gasteiger partial charge in [-0.3, -0.25) is 25.0 Å². The summed E-state index contributed by atoms with van der Waals surface area (Å²) >= 11 is 0. The van der Waals surface area contributed by atoms with E-state index in [9.17, 15) is 25.0 Å². The Kier molecular flexibility index (Phi) is 2.84. The van der Waals surface area contributed by atoms with Gasteiger partial charge in [-0.1, -0.05) is 0 Å². The minimum absolute atomic E-state index is 0.277. The number of nitrogens with two attached hydrogens (primary N) is 1. The van der Waals surface area contributed by atoms with Crippen LogP contribution < -0.4 is 5.73 Å². The van der Waals surface area contributed by atoms with Gasteiger partial charge in [-0.25, -0.2) is 0 Å². The van der Waals surface area contributed by atoms with Gasteiger partial charge < -0.3 is 5.73 Å². The summed E-state index contributed by atoms with van der Waals surface area (Å²) in [5.74, 6) is -0.772. The first-order valence-corrected chi connectivity index (χ1v) is 4.08. The van der Waals surface area contributed by atoms with Gasteiger partial charge in [0.1, 0.15) is 5.69 Å². The second kappa shape index (κ2) is 3.93. The van der Waals surface area contributed by atoms with Gasteiger partial charge in [0.05, 0.1) is 9.85 Å². The second-order valence-electron chi connectivity index (χ2n) is 2.97. The van der Waals surface area contributed by atoms with Crippen LogP contribution in [-0.2, 0) is 0 Å². The number of carbonyl (C=O) groups is 1. The van der Waals surface area contributed by atoms with E-state index in [1.54, 1.807) is 0 Å². The summed E-state index contributed by atoms with van der Waals surface area (Å²) in [7, 11) is 0. The molecule has 1 rings (SSSR count). The Labute approximate surface area is 89.0 Å². The van der Waals surface area contributed by atoms with Gasteiger partial charge in [0.15, 0.2) is 11.3 Å². The number of hydrogen-bond donors (Lipinski definition) is 1. The number of nitro benzene ring substituents is 2. The molecule has 1 aromatic rings. The molecule has 2 N–H and O–H groups in total. The molecule has 0 spiro atoms. The molecule has 0 aliphatic rings. The monoisotopic (exact) mass is 225 g/mol. The molecular weight excluding hydrogens is 218 g/mol. The van der Waals surface area contributed by atoms with E-state index in [1.807, 2.05) is 0 Å². The largest absolute Gasteiger partial charge is 0.393 e. The van der Waals surface area contributed by atoms with Crippen LogP contribution in [0.25, 0.3) is 0 Å². The van der Waals surface area contributed by atoms with Crippen LogP contribution in [0.15, 0.2) is 12.1 Å². The average Bonchev–Trinajstić information content (AvgIpc) is 2.15. The lowest BCUT2D eigenvalue weighted by atomic mass is 10.1. The Balaban J connectivity index is 3.70. The SMILES string of the molecule is CC(=O)c1c([N+](=O)[O-])ccc(N)c1[N+](=O)[O-]. The minimum atomic E-state index is -0.904. The zero-order valence-electron chi connectivity index (χ0n) is 8.17. The van der Waals surface area contributed by atoms with Crippen molar-refractivity contribution in [3.05, 3.63) is 37.9 Å². The topological polar surface area (TPSA) is 129 Å². The lowest BCUT2D eigenvalue weighted by molar-refractivity contribution is -0.394.